The standard InChI is InChI=1S/C14H21NO4/c1-10-9-11(2)15(7-4-8-19-3)14(18)12(10)5-6-13(16)17/h9H,4-8H2,1-3H3,(H,16,17). The molecule has 0 aliphatic carbocycles. The van der Waals surface area contributed by atoms with E-state index in [-0.39, 0.29) is 18.4 Å². The molecule has 1 aromatic rings. The number of methoxy groups -OCH3 is 1. The molecule has 0 bridgehead atoms. The summed E-state index contributed by atoms with van der Waals surface area (Å²) in [5, 5.41) is 8.73. The number of pyridine rings is 1. The van der Waals surface area contributed by atoms with Crippen LogP contribution in [0.3, 0.4) is 0 Å². The van der Waals surface area contributed by atoms with Gasteiger partial charge in [-0.2, -0.15) is 0 Å². The van der Waals surface area contributed by atoms with E-state index in [1.54, 1.807) is 11.7 Å². The zero-order chi connectivity index (χ0) is 14.4. The molecule has 0 unspecified atom stereocenters. The van der Waals surface area contributed by atoms with Crippen molar-refractivity contribution in [3.8, 4) is 0 Å². The first-order valence-corrected chi connectivity index (χ1v) is 6.38. The summed E-state index contributed by atoms with van der Waals surface area (Å²) < 4.78 is 6.68. The van der Waals surface area contributed by atoms with Crippen molar-refractivity contribution in [2.24, 2.45) is 0 Å². The van der Waals surface area contributed by atoms with Gasteiger partial charge in [0.1, 0.15) is 0 Å². The van der Waals surface area contributed by atoms with E-state index in [1.165, 1.54) is 0 Å². The summed E-state index contributed by atoms with van der Waals surface area (Å²) >= 11 is 0. The lowest BCUT2D eigenvalue weighted by Gasteiger charge is -2.14. The van der Waals surface area contributed by atoms with E-state index in [0.717, 1.165) is 17.7 Å². The molecule has 5 heteroatoms. The maximum atomic E-state index is 12.3. The molecule has 0 amide bonds. The van der Waals surface area contributed by atoms with Gasteiger partial charge < -0.3 is 14.4 Å². The number of aromatic nitrogens is 1. The van der Waals surface area contributed by atoms with Crippen molar-refractivity contribution < 1.29 is 14.6 Å². The third-order valence-corrected chi connectivity index (χ3v) is 3.15. The molecule has 1 aromatic heterocycles. The third kappa shape index (κ3) is 4.21. The van der Waals surface area contributed by atoms with Crippen LogP contribution < -0.4 is 5.56 Å². The van der Waals surface area contributed by atoms with Crippen LogP contribution in [-0.2, 0) is 22.5 Å². The molecule has 0 atom stereocenters. The Morgan fingerprint density at radius 1 is 1.42 bits per heavy atom. The van der Waals surface area contributed by atoms with Crippen LogP contribution in [0.4, 0.5) is 0 Å². The van der Waals surface area contributed by atoms with Gasteiger partial charge in [0.15, 0.2) is 0 Å². The van der Waals surface area contributed by atoms with Crippen LogP contribution in [0, 0.1) is 13.8 Å². The molecule has 1 heterocycles. The zero-order valence-electron chi connectivity index (χ0n) is 11.7. The van der Waals surface area contributed by atoms with Crippen LogP contribution in [0.15, 0.2) is 10.9 Å². The molecule has 0 saturated heterocycles. The summed E-state index contributed by atoms with van der Waals surface area (Å²) in [5.41, 5.74) is 2.30. The SMILES string of the molecule is COCCCn1c(C)cc(C)c(CCC(=O)O)c1=O. The lowest BCUT2D eigenvalue weighted by molar-refractivity contribution is -0.136. The molecule has 0 aromatic carbocycles. The first-order valence-electron chi connectivity index (χ1n) is 6.38. The minimum absolute atomic E-state index is 0.0167. The number of aryl methyl sites for hydroxylation is 2. The van der Waals surface area contributed by atoms with E-state index >= 15 is 0 Å². The summed E-state index contributed by atoms with van der Waals surface area (Å²) in [7, 11) is 1.63. The largest absolute Gasteiger partial charge is 0.481 e. The summed E-state index contributed by atoms with van der Waals surface area (Å²) in [6, 6.07) is 1.94. The van der Waals surface area contributed by atoms with Gasteiger partial charge >= 0.3 is 5.97 Å². The highest BCUT2D eigenvalue weighted by atomic mass is 16.5. The number of rotatable bonds is 7. The van der Waals surface area contributed by atoms with E-state index in [0.29, 0.717) is 18.7 Å². The summed E-state index contributed by atoms with van der Waals surface area (Å²) in [6.07, 6.45) is 1.03. The lowest BCUT2D eigenvalue weighted by atomic mass is 10.0. The van der Waals surface area contributed by atoms with E-state index in [1.807, 2.05) is 19.9 Å². The van der Waals surface area contributed by atoms with E-state index in [2.05, 4.69) is 0 Å². The minimum Gasteiger partial charge on any atom is -0.481 e. The molecule has 0 saturated carbocycles. The molecule has 1 rings (SSSR count). The number of hydrogen-bond donors (Lipinski definition) is 1. The fourth-order valence-electron chi connectivity index (χ4n) is 2.15. The van der Waals surface area contributed by atoms with Gasteiger partial charge in [0.25, 0.3) is 5.56 Å². The summed E-state index contributed by atoms with van der Waals surface area (Å²) in [4.78, 5) is 23.0. The Morgan fingerprint density at radius 2 is 2.11 bits per heavy atom. The molecule has 0 fully saturated rings. The maximum absolute atomic E-state index is 12.3. The monoisotopic (exact) mass is 267 g/mol. The van der Waals surface area contributed by atoms with Crippen LogP contribution >= 0.6 is 0 Å². The molecule has 19 heavy (non-hydrogen) atoms. The van der Waals surface area contributed by atoms with Crippen molar-refractivity contribution in [1.82, 2.24) is 4.57 Å². The van der Waals surface area contributed by atoms with Crippen molar-refractivity contribution in [3.63, 3.8) is 0 Å². The van der Waals surface area contributed by atoms with Gasteiger partial charge in [-0.15, -0.1) is 0 Å². The Kier molecular flexibility index (Phi) is 5.76. The molecule has 1 N–H and O–H groups in total. The van der Waals surface area contributed by atoms with Gasteiger partial charge in [0.05, 0.1) is 0 Å². The Labute approximate surface area is 112 Å². The van der Waals surface area contributed by atoms with Crippen LogP contribution in [-0.4, -0.2) is 29.4 Å². The number of carboxylic acids is 1. The van der Waals surface area contributed by atoms with Crippen molar-refractivity contribution in [1.29, 1.82) is 0 Å². The second kappa shape index (κ2) is 7.09. The normalized spacial score (nSPS) is 10.7. The second-order valence-corrected chi connectivity index (χ2v) is 4.64. The van der Waals surface area contributed by atoms with Gasteiger partial charge in [-0.05, 0) is 38.3 Å². The number of aliphatic carboxylic acids is 1. The van der Waals surface area contributed by atoms with E-state index < -0.39 is 5.97 Å². The number of carboxylic acid groups (broad SMARTS) is 1. The fraction of sp³-hybridized carbons (Fsp3) is 0.571. The molecule has 0 spiro atoms. The molecular formula is C14H21NO4. The number of carbonyl (C=O) groups is 1. The predicted molar refractivity (Wildman–Crippen MR) is 72.6 cm³/mol. The van der Waals surface area contributed by atoms with Crippen molar-refractivity contribution in [3.05, 3.63) is 33.2 Å². The van der Waals surface area contributed by atoms with Crippen LogP contribution in [0.1, 0.15) is 29.7 Å². The van der Waals surface area contributed by atoms with Gasteiger partial charge in [0, 0.05) is 37.9 Å². The van der Waals surface area contributed by atoms with Gasteiger partial charge in [0.2, 0.25) is 0 Å². The Balaban J connectivity index is 3.01. The van der Waals surface area contributed by atoms with Gasteiger partial charge in [-0.25, -0.2) is 0 Å². The second-order valence-electron chi connectivity index (χ2n) is 4.64. The highest BCUT2D eigenvalue weighted by molar-refractivity contribution is 5.67. The van der Waals surface area contributed by atoms with Gasteiger partial charge in [-0.1, -0.05) is 0 Å². The average molecular weight is 267 g/mol. The van der Waals surface area contributed by atoms with Crippen molar-refractivity contribution >= 4 is 5.97 Å². The number of nitrogens with zero attached hydrogens (tertiary/aromatic N) is 1. The smallest absolute Gasteiger partial charge is 0.303 e. The topological polar surface area (TPSA) is 68.5 Å². The van der Waals surface area contributed by atoms with Crippen LogP contribution in [0.25, 0.3) is 0 Å². The van der Waals surface area contributed by atoms with E-state index in [9.17, 15) is 9.59 Å². The average Bonchev–Trinajstić information content (AvgIpc) is 2.32. The Hall–Kier alpha value is -1.62. The molecule has 5 nitrogen and oxygen atoms in total. The Morgan fingerprint density at radius 3 is 2.68 bits per heavy atom. The molecule has 0 aliphatic heterocycles. The lowest BCUT2D eigenvalue weighted by Crippen LogP contribution is -2.27. The Bertz CT molecular complexity index is 505. The number of hydrogen-bond acceptors (Lipinski definition) is 3. The molecule has 0 radical (unpaired) electrons. The third-order valence-electron chi connectivity index (χ3n) is 3.15. The quantitative estimate of drug-likeness (QED) is 0.760. The van der Waals surface area contributed by atoms with Crippen LogP contribution in [0.2, 0.25) is 0 Å². The highest BCUT2D eigenvalue weighted by Gasteiger charge is 2.11. The van der Waals surface area contributed by atoms with Crippen molar-refractivity contribution in [2.75, 3.05) is 13.7 Å². The summed E-state index contributed by atoms with van der Waals surface area (Å²) in [5.74, 6) is -0.884. The van der Waals surface area contributed by atoms with Crippen molar-refractivity contribution in [2.45, 2.75) is 39.7 Å². The summed E-state index contributed by atoms with van der Waals surface area (Å²) in [6.45, 7) is 4.94. The maximum Gasteiger partial charge on any atom is 0.303 e. The number of ether oxygens (including phenoxy) is 1. The fourth-order valence-corrected chi connectivity index (χ4v) is 2.15. The molecule has 106 valence electrons. The first kappa shape index (κ1) is 15.4. The van der Waals surface area contributed by atoms with Gasteiger partial charge in [-0.3, -0.25) is 9.59 Å². The zero-order valence-corrected chi connectivity index (χ0v) is 11.7. The molecule has 0 aliphatic rings. The predicted octanol–water partition coefficient (Wildman–Crippen LogP) is 1.52. The molecular weight excluding hydrogens is 246 g/mol. The first-order chi connectivity index (χ1) is 8.97. The minimum atomic E-state index is -0.884. The highest BCUT2D eigenvalue weighted by Crippen LogP contribution is 2.09. The van der Waals surface area contributed by atoms with E-state index in [4.69, 9.17) is 9.84 Å². The van der Waals surface area contributed by atoms with Crippen LogP contribution in [0.5, 0.6) is 0 Å².